The first-order chi connectivity index (χ1) is 11.3. The summed E-state index contributed by atoms with van der Waals surface area (Å²) in [4.78, 5) is 11.9. The number of carbonyl (C=O) groups is 1. The van der Waals surface area contributed by atoms with Crippen LogP contribution < -0.4 is 0 Å². The van der Waals surface area contributed by atoms with Crippen LogP contribution in [0.15, 0.2) is 12.2 Å². The van der Waals surface area contributed by atoms with E-state index in [1.807, 2.05) is 6.92 Å². The first-order valence-corrected chi connectivity index (χ1v) is 10.9. The van der Waals surface area contributed by atoms with E-state index in [4.69, 9.17) is 18.3 Å². The molecule has 0 radical (unpaired) electrons. The summed E-state index contributed by atoms with van der Waals surface area (Å²) in [5.74, 6) is -0.181. The predicted molar refractivity (Wildman–Crippen MR) is 96.9 cm³/mol. The van der Waals surface area contributed by atoms with Gasteiger partial charge in [-0.1, -0.05) is 33.3 Å². The Kier molecular flexibility index (Phi) is 8.12. The summed E-state index contributed by atoms with van der Waals surface area (Å²) in [5, 5.41) is -0.406. The van der Waals surface area contributed by atoms with E-state index in [1.165, 1.54) is 0 Å². The van der Waals surface area contributed by atoms with E-state index < -0.39 is 13.8 Å². The van der Waals surface area contributed by atoms with E-state index in [0.29, 0.717) is 5.57 Å². The van der Waals surface area contributed by atoms with Gasteiger partial charge in [0.25, 0.3) is 0 Å². The van der Waals surface area contributed by atoms with Crippen molar-refractivity contribution < 1.29 is 23.1 Å². The van der Waals surface area contributed by atoms with Gasteiger partial charge in [0.05, 0.1) is 0 Å². The van der Waals surface area contributed by atoms with Crippen LogP contribution in [0.2, 0.25) is 6.04 Å². The molecule has 0 aromatic rings. The SMILES string of the molecule is C=C(C)C(=O)OC(CC)C(C)CC1(OC)CCCC[Si]1(OC)OC. The van der Waals surface area contributed by atoms with Gasteiger partial charge in [-0.2, -0.15) is 0 Å². The van der Waals surface area contributed by atoms with Crippen molar-refractivity contribution in [2.75, 3.05) is 21.3 Å². The zero-order valence-electron chi connectivity index (χ0n) is 16.1. The van der Waals surface area contributed by atoms with Crippen LogP contribution in [0.3, 0.4) is 0 Å². The van der Waals surface area contributed by atoms with Gasteiger partial charge < -0.3 is 18.3 Å². The molecule has 0 spiro atoms. The number of rotatable bonds is 9. The van der Waals surface area contributed by atoms with Gasteiger partial charge in [0.1, 0.15) is 11.3 Å². The molecule has 5 nitrogen and oxygen atoms in total. The maximum atomic E-state index is 11.9. The van der Waals surface area contributed by atoms with Crippen molar-refractivity contribution >= 4 is 14.5 Å². The summed E-state index contributed by atoms with van der Waals surface area (Å²) in [6.07, 6.45) is 4.49. The van der Waals surface area contributed by atoms with Crippen LogP contribution in [0.5, 0.6) is 0 Å². The molecule has 1 fully saturated rings. The second-order valence-electron chi connectivity index (χ2n) is 6.88. The molecule has 0 aromatic carbocycles. The largest absolute Gasteiger partial charge is 0.459 e. The highest BCUT2D eigenvalue weighted by molar-refractivity contribution is 6.70. The van der Waals surface area contributed by atoms with Gasteiger partial charge in [-0.05, 0) is 38.1 Å². The van der Waals surface area contributed by atoms with Gasteiger partial charge in [-0.15, -0.1) is 0 Å². The standard InChI is InChI=1S/C18H34O5Si/c1-8-16(23-17(19)14(2)3)15(4)13-18(20-5)11-9-10-12-24(18,21-6)22-7/h15-16H,2,8-13H2,1,3-7H3. The fourth-order valence-electron chi connectivity index (χ4n) is 3.94. The van der Waals surface area contributed by atoms with Crippen molar-refractivity contribution in [2.45, 2.75) is 70.2 Å². The number of ether oxygens (including phenoxy) is 2. The number of methoxy groups -OCH3 is 1. The Bertz CT molecular complexity index is 435. The first kappa shape index (κ1) is 21.3. The zero-order valence-corrected chi connectivity index (χ0v) is 17.1. The van der Waals surface area contributed by atoms with Gasteiger partial charge in [0, 0.05) is 26.9 Å². The molecule has 3 unspecified atom stereocenters. The molecule has 0 N–H and O–H groups in total. The summed E-state index contributed by atoms with van der Waals surface area (Å²) in [6, 6.07) is 0.933. The molecular weight excluding hydrogens is 324 g/mol. The molecule has 1 rings (SSSR count). The van der Waals surface area contributed by atoms with Gasteiger partial charge >= 0.3 is 14.5 Å². The Morgan fingerprint density at radius 1 is 1.25 bits per heavy atom. The first-order valence-electron chi connectivity index (χ1n) is 8.83. The lowest BCUT2D eigenvalue weighted by atomic mass is 9.92. The lowest BCUT2D eigenvalue weighted by Gasteiger charge is -2.49. The fraction of sp³-hybridized carbons (Fsp3) is 0.833. The van der Waals surface area contributed by atoms with Gasteiger partial charge in [0.15, 0.2) is 0 Å². The van der Waals surface area contributed by atoms with E-state index in [0.717, 1.165) is 38.1 Å². The molecule has 0 aromatic heterocycles. The minimum absolute atomic E-state index is 0.147. The van der Waals surface area contributed by atoms with Gasteiger partial charge in [0.2, 0.25) is 0 Å². The molecule has 0 amide bonds. The van der Waals surface area contributed by atoms with Crippen molar-refractivity contribution in [1.82, 2.24) is 0 Å². The maximum absolute atomic E-state index is 11.9. The molecule has 140 valence electrons. The van der Waals surface area contributed by atoms with E-state index in [9.17, 15) is 4.79 Å². The lowest BCUT2D eigenvalue weighted by Crippen LogP contribution is -2.65. The van der Waals surface area contributed by atoms with Crippen molar-refractivity contribution in [3.63, 3.8) is 0 Å². The molecule has 6 heteroatoms. The Labute approximate surface area is 147 Å². The van der Waals surface area contributed by atoms with Crippen LogP contribution in [-0.2, 0) is 23.1 Å². The average Bonchev–Trinajstić information content (AvgIpc) is 2.59. The van der Waals surface area contributed by atoms with Crippen LogP contribution >= 0.6 is 0 Å². The van der Waals surface area contributed by atoms with E-state index in [-0.39, 0.29) is 18.0 Å². The highest BCUT2D eigenvalue weighted by Crippen LogP contribution is 2.44. The normalized spacial score (nSPS) is 25.8. The third-order valence-electron chi connectivity index (χ3n) is 5.38. The Hall–Kier alpha value is -0.693. The summed E-state index contributed by atoms with van der Waals surface area (Å²) < 4.78 is 23.6. The summed E-state index contributed by atoms with van der Waals surface area (Å²) in [6.45, 7) is 9.48. The van der Waals surface area contributed by atoms with Crippen LogP contribution in [0.1, 0.15) is 52.9 Å². The highest BCUT2D eigenvalue weighted by Gasteiger charge is 2.59. The fourth-order valence-corrected chi connectivity index (χ4v) is 7.93. The molecule has 1 aliphatic rings. The summed E-state index contributed by atoms with van der Waals surface area (Å²) in [5.41, 5.74) is 0.428. The monoisotopic (exact) mass is 358 g/mol. The molecular formula is C18H34O5Si. The second kappa shape index (κ2) is 9.13. The molecule has 3 atom stereocenters. The number of hydrogen-bond donors (Lipinski definition) is 0. The van der Waals surface area contributed by atoms with Gasteiger partial charge in [-0.3, -0.25) is 0 Å². The highest BCUT2D eigenvalue weighted by atomic mass is 28.4. The minimum atomic E-state index is -2.47. The van der Waals surface area contributed by atoms with Crippen molar-refractivity contribution in [1.29, 1.82) is 0 Å². The Morgan fingerprint density at radius 2 is 1.88 bits per heavy atom. The Balaban J connectivity index is 2.98. The van der Waals surface area contributed by atoms with E-state index >= 15 is 0 Å². The number of esters is 1. The second-order valence-corrected chi connectivity index (χ2v) is 10.6. The molecule has 0 bridgehead atoms. The molecule has 1 heterocycles. The quantitative estimate of drug-likeness (QED) is 0.357. The molecule has 0 saturated carbocycles. The molecule has 1 saturated heterocycles. The number of carbonyl (C=O) groups excluding carboxylic acids is 1. The van der Waals surface area contributed by atoms with Crippen molar-refractivity contribution in [2.24, 2.45) is 5.92 Å². The summed E-state index contributed by atoms with van der Waals surface area (Å²) >= 11 is 0. The third kappa shape index (κ3) is 4.28. The van der Waals surface area contributed by atoms with Crippen LogP contribution in [0.4, 0.5) is 0 Å². The average molecular weight is 359 g/mol. The van der Waals surface area contributed by atoms with Crippen molar-refractivity contribution in [3.8, 4) is 0 Å². The Morgan fingerprint density at radius 3 is 2.33 bits per heavy atom. The van der Waals surface area contributed by atoms with E-state index in [1.54, 1.807) is 28.3 Å². The lowest BCUT2D eigenvalue weighted by molar-refractivity contribution is -0.148. The van der Waals surface area contributed by atoms with Crippen LogP contribution in [0.25, 0.3) is 0 Å². The number of hydrogen-bond acceptors (Lipinski definition) is 5. The molecule has 1 aliphatic heterocycles. The molecule has 0 aliphatic carbocycles. The predicted octanol–water partition coefficient (Wildman–Crippen LogP) is 3.75. The maximum Gasteiger partial charge on any atom is 0.370 e. The summed E-state index contributed by atoms with van der Waals surface area (Å²) in [7, 11) is 2.74. The smallest absolute Gasteiger partial charge is 0.370 e. The molecule has 24 heavy (non-hydrogen) atoms. The topological polar surface area (TPSA) is 54.0 Å². The van der Waals surface area contributed by atoms with Crippen LogP contribution in [0, 0.1) is 5.92 Å². The third-order valence-corrected chi connectivity index (χ3v) is 9.75. The van der Waals surface area contributed by atoms with Gasteiger partial charge in [-0.25, -0.2) is 4.79 Å². The van der Waals surface area contributed by atoms with Crippen LogP contribution in [-0.4, -0.2) is 47.2 Å². The van der Waals surface area contributed by atoms with Crippen molar-refractivity contribution in [3.05, 3.63) is 12.2 Å². The zero-order chi connectivity index (χ0) is 18.4. The minimum Gasteiger partial charge on any atom is -0.459 e. The van der Waals surface area contributed by atoms with E-state index in [2.05, 4.69) is 13.5 Å².